The first-order valence-electron chi connectivity index (χ1n) is 8.68. The van der Waals surface area contributed by atoms with Gasteiger partial charge in [0, 0.05) is 26.1 Å². The number of likely N-dealkylation sites (tertiary alicyclic amines) is 1. The van der Waals surface area contributed by atoms with Crippen molar-refractivity contribution in [3.8, 4) is 6.07 Å². The minimum Gasteiger partial charge on any atom is -0.444 e. The Kier molecular flexibility index (Phi) is 7.34. The number of hydrogen-bond donors (Lipinski definition) is 1. The highest BCUT2D eigenvalue weighted by molar-refractivity contribution is 5.68. The molecule has 1 amide bonds. The summed E-state index contributed by atoms with van der Waals surface area (Å²) in [7, 11) is 0. The van der Waals surface area contributed by atoms with Crippen LogP contribution in [0.2, 0.25) is 0 Å². The zero-order chi connectivity index (χ0) is 17.5. The summed E-state index contributed by atoms with van der Waals surface area (Å²) in [4.78, 5) is 13.9. The van der Waals surface area contributed by atoms with Crippen LogP contribution < -0.4 is 5.32 Å². The Morgan fingerprint density at radius 2 is 2.04 bits per heavy atom. The van der Waals surface area contributed by atoms with Crippen molar-refractivity contribution in [2.24, 2.45) is 11.3 Å². The van der Waals surface area contributed by atoms with Gasteiger partial charge in [0.15, 0.2) is 0 Å². The van der Waals surface area contributed by atoms with Crippen molar-refractivity contribution in [2.45, 2.75) is 65.9 Å². The molecule has 132 valence electrons. The molecule has 0 aromatic rings. The standard InChI is InChI=1S/C18H33N3O2/c1-17(2,3)23-16(22)21-12-8-15(13-21)7-11-20-14-18(4,5)9-6-10-19/h15,20H,6-9,11-14H2,1-5H3. The lowest BCUT2D eigenvalue weighted by atomic mass is 9.88. The van der Waals surface area contributed by atoms with Gasteiger partial charge in [-0.15, -0.1) is 0 Å². The lowest BCUT2D eigenvalue weighted by Crippen LogP contribution is -2.35. The summed E-state index contributed by atoms with van der Waals surface area (Å²) < 4.78 is 5.42. The third kappa shape index (κ3) is 8.22. The maximum atomic E-state index is 12.0. The topological polar surface area (TPSA) is 65.4 Å². The second-order valence-electron chi connectivity index (χ2n) is 8.37. The summed E-state index contributed by atoms with van der Waals surface area (Å²) in [6.45, 7) is 13.6. The highest BCUT2D eigenvalue weighted by Gasteiger charge is 2.29. The third-order valence-electron chi connectivity index (χ3n) is 4.18. The SMILES string of the molecule is CC(C)(CCC#N)CNCCC1CCN(C(=O)OC(C)(C)C)C1. The molecule has 0 saturated carbocycles. The van der Waals surface area contributed by atoms with Crippen LogP contribution in [0.1, 0.15) is 60.3 Å². The number of nitrogens with one attached hydrogen (secondary N) is 1. The molecule has 5 heteroatoms. The maximum absolute atomic E-state index is 12.0. The molecule has 1 rings (SSSR count). The van der Waals surface area contributed by atoms with Crippen molar-refractivity contribution in [1.82, 2.24) is 10.2 Å². The van der Waals surface area contributed by atoms with Gasteiger partial charge in [0.2, 0.25) is 0 Å². The first-order chi connectivity index (χ1) is 10.6. The Morgan fingerprint density at radius 3 is 2.65 bits per heavy atom. The fraction of sp³-hybridized carbons (Fsp3) is 0.889. The molecule has 1 fully saturated rings. The van der Waals surface area contributed by atoms with Gasteiger partial charge in [-0.3, -0.25) is 0 Å². The molecular formula is C18H33N3O2. The molecule has 0 aliphatic carbocycles. The molecule has 0 aromatic carbocycles. The summed E-state index contributed by atoms with van der Waals surface area (Å²) in [5.74, 6) is 0.553. The van der Waals surface area contributed by atoms with Gasteiger partial charge in [-0.1, -0.05) is 13.8 Å². The van der Waals surface area contributed by atoms with E-state index in [1.807, 2.05) is 25.7 Å². The van der Waals surface area contributed by atoms with E-state index in [1.54, 1.807) is 0 Å². The normalized spacial score (nSPS) is 18.8. The molecule has 1 saturated heterocycles. The Labute approximate surface area is 141 Å². The van der Waals surface area contributed by atoms with E-state index in [2.05, 4.69) is 25.2 Å². The van der Waals surface area contributed by atoms with Crippen molar-refractivity contribution in [3.63, 3.8) is 0 Å². The van der Waals surface area contributed by atoms with E-state index >= 15 is 0 Å². The molecule has 1 unspecified atom stereocenters. The van der Waals surface area contributed by atoms with Crippen LogP contribution in [0.4, 0.5) is 4.79 Å². The van der Waals surface area contributed by atoms with E-state index in [0.29, 0.717) is 12.3 Å². The average molecular weight is 323 g/mol. The van der Waals surface area contributed by atoms with Crippen molar-refractivity contribution < 1.29 is 9.53 Å². The summed E-state index contributed by atoms with van der Waals surface area (Å²) in [6.07, 6.45) is 3.48. The van der Waals surface area contributed by atoms with Crippen molar-refractivity contribution in [1.29, 1.82) is 5.26 Å². The molecule has 1 aliphatic heterocycles. The van der Waals surface area contributed by atoms with Gasteiger partial charge >= 0.3 is 6.09 Å². The van der Waals surface area contributed by atoms with Gasteiger partial charge in [0.1, 0.15) is 5.60 Å². The molecule has 0 aromatic heterocycles. The van der Waals surface area contributed by atoms with Crippen LogP contribution >= 0.6 is 0 Å². The molecular weight excluding hydrogens is 290 g/mol. The number of rotatable bonds is 7. The van der Waals surface area contributed by atoms with E-state index < -0.39 is 5.60 Å². The first kappa shape index (κ1) is 19.8. The van der Waals surface area contributed by atoms with E-state index in [1.165, 1.54) is 0 Å². The molecule has 1 aliphatic rings. The Hall–Kier alpha value is -1.28. The molecule has 1 N–H and O–H groups in total. The number of carbonyl (C=O) groups excluding carboxylic acids is 1. The Bertz CT molecular complexity index is 421. The fourth-order valence-corrected chi connectivity index (χ4v) is 2.78. The zero-order valence-corrected chi connectivity index (χ0v) is 15.4. The van der Waals surface area contributed by atoms with E-state index in [-0.39, 0.29) is 11.5 Å². The summed E-state index contributed by atoms with van der Waals surface area (Å²) in [6, 6.07) is 2.21. The minimum atomic E-state index is -0.425. The molecule has 0 radical (unpaired) electrons. The van der Waals surface area contributed by atoms with Gasteiger partial charge in [-0.05, 0) is 57.9 Å². The Morgan fingerprint density at radius 1 is 1.35 bits per heavy atom. The fourth-order valence-electron chi connectivity index (χ4n) is 2.78. The van der Waals surface area contributed by atoms with Crippen molar-refractivity contribution in [3.05, 3.63) is 0 Å². The maximum Gasteiger partial charge on any atom is 0.410 e. The minimum absolute atomic E-state index is 0.161. The largest absolute Gasteiger partial charge is 0.444 e. The van der Waals surface area contributed by atoms with Crippen molar-refractivity contribution >= 4 is 6.09 Å². The lowest BCUT2D eigenvalue weighted by molar-refractivity contribution is 0.0287. The highest BCUT2D eigenvalue weighted by atomic mass is 16.6. The summed E-state index contributed by atoms with van der Waals surface area (Å²) in [5, 5.41) is 12.2. The van der Waals surface area contributed by atoms with E-state index in [0.717, 1.165) is 45.4 Å². The van der Waals surface area contributed by atoms with Gasteiger partial charge in [0.25, 0.3) is 0 Å². The molecule has 0 bridgehead atoms. The van der Waals surface area contributed by atoms with Gasteiger partial charge in [-0.2, -0.15) is 5.26 Å². The molecule has 1 heterocycles. The highest BCUT2D eigenvalue weighted by Crippen LogP contribution is 2.23. The van der Waals surface area contributed by atoms with Crippen LogP contribution in [0.3, 0.4) is 0 Å². The lowest BCUT2D eigenvalue weighted by Gasteiger charge is -2.25. The van der Waals surface area contributed by atoms with Crippen LogP contribution in [-0.2, 0) is 4.74 Å². The summed E-state index contributed by atoms with van der Waals surface area (Å²) >= 11 is 0. The molecule has 5 nitrogen and oxygen atoms in total. The molecule has 0 spiro atoms. The first-order valence-corrected chi connectivity index (χ1v) is 8.68. The molecule has 1 atom stereocenters. The number of hydrogen-bond acceptors (Lipinski definition) is 4. The average Bonchev–Trinajstić information content (AvgIpc) is 2.89. The zero-order valence-electron chi connectivity index (χ0n) is 15.4. The van der Waals surface area contributed by atoms with Crippen LogP contribution in [0.15, 0.2) is 0 Å². The van der Waals surface area contributed by atoms with Crippen LogP contribution in [0.25, 0.3) is 0 Å². The number of amides is 1. The van der Waals surface area contributed by atoms with Gasteiger partial charge in [-0.25, -0.2) is 4.79 Å². The predicted molar refractivity (Wildman–Crippen MR) is 92.0 cm³/mol. The van der Waals surface area contributed by atoms with Gasteiger partial charge in [0.05, 0.1) is 6.07 Å². The predicted octanol–water partition coefficient (Wildman–Crippen LogP) is 3.55. The molecule has 23 heavy (non-hydrogen) atoms. The quantitative estimate of drug-likeness (QED) is 0.728. The number of ether oxygens (including phenoxy) is 1. The number of nitrogens with zero attached hydrogens (tertiary/aromatic N) is 2. The second kappa shape index (κ2) is 8.54. The third-order valence-corrected chi connectivity index (χ3v) is 4.18. The van der Waals surface area contributed by atoms with E-state index in [9.17, 15) is 4.79 Å². The van der Waals surface area contributed by atoms with Crippen molar-refractivity contribution in [2.75, 3.05) is 26.2 Å². The van der Waals surface area contributed by atoms with Crippen LogP contribution in [-0.4, -0.2) is 42.8 Å². The van der Waals surface area contributed by atoms with Crippen LogP contribution in [0, 0.1) is 22.7 Å². The number of carbonyl (C=O) groups is 1. The Balaban J connectivity index is 2.21. The van der Waals surface area contributed by atoms with Gasteiger partial charge < -0.3 is 15.0 Å². The summed E-state index contributed by atoms with van der Waals surface area (Å²) in [5.41, 5.74) is -0.264. The smallest absolute Gasteiger partial charge is 0.410 e. The second-order valence-corrected chi connectivity index (χ2v) is 8.37. The monoisotopic (exact) mass is 323 g/mol. The number of nitriles is 1. The van der Waals surface area contributed by atoms with Crippen LogP contribution in [0.5, 0.6) is 0 Å². The van der Waals surface area contributed by atoms with E-state index in [4.69, 9.17) is 10.00 Å².